The molecule has 2 fully saturated rings. The molecule has 3 aliphatic heterocycles. The average molecular weight is 464 g/mol. The zero-order valence-electron chi connectivity index (χ0n) is 20.5. The van der Waals surface area contributed by atoms with Crippen LogP contribution in [0.15, 0.2) is 41.5 Å². The number of amides is 2. The Morgan fingerprint density at radius 1 is 1.18 bits per heavy atom. The molecule has 7 heteroatoms. The molecule has 2 saturated heterocycles. The number of fused-ring (bicyclic) bond motifs is 5. The lowest BCUT2D eigenvalue weighted by Crippen LogP contribution is -2.74. The van der Waals surface area contributed by atoms with Gasteiger partial charge in [-0.15, -0.1) is 0 Å². The van der Waals surface area contributed by atoms with E-state index < -0.39 is 29.8 Å². The molecule has 0 saturated carbocycles. The normalized spacial score (nSPS) is 28.0. The number of aliphatic hydroxyl groups is 2. The van der Waals surface area contributed by atoms with Gasteiger partial charge in [0, 0.05) is 29.6 Å². The van der Waals surface area contributed by atoms with Crippen LogP contribution in [-0.2, 0) is 16.1 Å². The highest BCUT2D eigenvalue weighted by Gasteiger charge is 2.65. The van der Waals surface area contributed by atoms with Crippen molar-refractivity contribution in [2.75, 3.05) is 6.54 Å². The highest BCUT2D eigenvalue weighted by Crippen LogP contribution is 2.52. The van der Waals surface area contributed by atoms with E-state index in [-0.39, 0.29) is 5.91 Å². The molecule has 4 atom stereocenters. The molecule has 1 aromatic carbocycles. The standard InChI is InChI=1S/C27H33N3O4/c1-15(2)10-12-28-20-14-17(5)8-9-18(20)22-23(28)21(13-16(3)4)30-25(32)19-7-6-11-29(19)26(33)27(30,34)24(22)31/h8-10,13-14,19,21,24,31,34H,6-7,11-12H2,1-5H3/t19-,21-,24-,27+/m0/s1. The minimum absolute atomic E-state index is 0.304. The first kappa shape index (κ1) is 22.9. The second-order valence-corrected chi connectivity index (χ2v) is 10.4. The number of nitrogens with zero attached hydrogens (tertiary/aromatic N) is 3. The number of carbonyl (C=O) groups excluding carboxylic acids is 2. The van der Waals surface area contributed by atoms with Crippen LogP contribution in [0.1, 0.15) is 69.5 Å². The molecule has 1 aromatic heterocycles. The molecule has 2 N–H and O–H groups in total. The summed E-state index contributed by atoms with van der Waals surface area (Å²) in [4.78, 5) is 30.2. The van der Waals surface area contributed by atoms with E-state index in [1.165, 1.54) is 9.80 Å². The second kappa shape index (κ2) is 7.82. The van der Waals surface area contributed by atoms with Crippen molar-refractivity contribution in [1.82, 2.24) is 14.4 Å². The van der Waals surface area contributed by atoms with Crippen LogP contribution in [0.3, 0.4) is 0 Å². The Bertz CT molecular complexity index is 1260. The summed E-state index contributed by atoms with van der Waals surface area (Å²) in [7, 11) is 0. The number of rotatable bonds is 3. The lowest BCUT2D eigenvalue weighted by atomic mass is 9.82. The van der Waals surface area contributed by atoms with Crippen molar-refractivity contribution in [2.45, 2.75) is 77.9 Å². The summed E-state index contributed by atoms with van der Waals surface area (Å²) in [6.07, 6.45) is 3.76. The number of aromatic nitrogens is 1. The Labute approximate surface area is 200 Å². The highest BCUT2D eigenvalue weighted by molar-refractivity contribution is 6.02. The van der Waals surface area contributed by atoms with Crippen LogP contribution in [0, 0.1) is 6.92 Å². The first-order chi connectivity index (χ1) is 16.1. The van der Waals surface area contributed by atoms with Gasteiger partial charge >= 0.3 is 0 Å². The lowest BCUT2D eigenvalue weighted by molar-refractivity contribution is -0.229. The topological polar surface area (TPSA) is 86.0 Å². The fourth-order valence-electron chi connectivity index (χ4n) is 5.88. The van der Waals surface area contributed by atoms with E-state index in [1.807, 2.05) is 52.8 Å². The molecule has 3 aliphatic rings. The summed E-state index contributed by atoms with van der Waals surface area (Å²) in [6, 6.07) is 4.71. The molecule has 4 heterocycles. The maximum atomic E-state index is 13.8. The van der Waals surface area contributed by atoms with Crippen LogP contribution in [0.25, 0.3) is 10.9 Å². The van der Waals surface area contributed by atoms with Crippen LogP contribution >= 0.6 is 0 Å². The van der Waals surface area contributed by atoms with E-state index in [9.17, 15) is 19.8 Å². The van der Waals surface area contributed by atoms with E-state index in [0.29, 0.717) is 31.5 Å². The van der Waals surface area contributed by atoms with E-state index in [4.69, 9.17) is 0 Å². The Balaban J connectivity index is 1.86. The number of hydrogen-bond donors (Lipinski definition) is 2. The monoisotopic (exact) mass is 463 g/mol. The first-order valence-corrected chi connectivity index (χ1v) is 12.0. The maximum Gasteiger partial charge on any atom is 0.279 e. The number of aryl methyl sites for hydroxylation is 1. The number of hydrogen-bond acceptors (Lipinski definition) is 4. The van der Waals surface area contributed by atoms with Crippen molar-refractivity contribution in [3.8, 4) is 0 Å². The van der Waals surface area contributed by atoms with E-state index in [1.54, 1.807) is 0 Å². The third kappa shape index (κ3) is 3.03. The van der Waals surface area contributed by atoms with E-state index in [0.717, 1.165) is 33.3 Å². The number of carbonyl (C=O) groups is 2. The van der Waals surface area contributed by atoms with Crippen molar-refractivity contribution >= 4 is 22.7 Å². The van der Waals surface area contributed by atoms with E-state index in [2.05, 4.69) is 16.7 Å². The van der Waals surface area contributed by atoms with Crippen LogP contribution in [0.2, 0.25) is 0 Å². The summed E-state index contributed by atoms with van der Waals surface area (Å²) in [5.41, 5.74) is 3.03. The van der Waals surface area contributed by atoms with Gasteiger partial charge in [-0.2, -0.15) is 0 Å². The molecule has 2 aromatic rings. The number of benzene rings is 1. The smallest absolute Gasteiger partial charge is 0.279 e. The summed E-state index contributed by atoms with van der Waals surface area (Å²) < 4.78 is 2.12. The third-order valence-electron chi connectivity index (χ3n) is 7.41. The third-order valence-corrected chi connectivity index (χ3v) is 7.41. The average Bonchev–Trinajstić information content (AvgIpc) is 3.37. The van der Waals surface area contributed by atoms with Gasteiger partial charge in [0.05, 0.1) is 11.7 Å². The Hall–Kier alpha value is -2.90. The molecular weight excluding hydrogens is 430 g/mol. The van der Waals surface area contributed by atoms with Crippen LogP contribution in [0.5, 0.6) is 0 Å². The molecule has 5 rings (SSSR count). The fraction of sp³-hybridized carbons (Fsp3) is 0.481. The molecule has 0 bridgehead atoms. The number of aliphatic hydroxyl groups excluding tert-OH is 1. The predicted molar refractivity (Wildman–Crippen MR) is 130 cm³/mol. The van der Waals surface area contributed by atoms with Gasteiger partial charge in [0.2, 0.25) is 5.91 Å². The maximum absolute atomic E-state index is 13.8. The first-order valence-electron chi connectivity index (χ1n) is 12.0. The molecule has 2 amide bonds. The minimum Gasteiger partial charge on any atom is -0.383 e. The Morgan fingerprint density at radius 2 is 1.91 bits per heavy atom. The van der Waals surface area contributed by atoms with E-state index >= 15 is 0 Å². The van der Waals surface area contributed by atoms with Crippen molar-refractivity contribution in [2.24, 2.45) is 0 Å². The van der Waals surface area contributed by atoms with Crippen molar-refractivity contribution in [1.29, 1.82) is 0 Å². The van der Waals surface area contributed by atoms with Gasteiger partial charge in [0.1, 0.15) is 12.1 Å². The molecule has 180 valence electrons. The summed E-state index contributed by atoms with van der Waals surface area (Å²) in [5.74, 6) is -0.890. The number of piperazine rings is 1. The van der Waals surface area contributed by atoms with Crippen LogP contribution in [-0.4, -0.2) is 54.7 Å². The molecule has 34 heavy (non-hydrogen) atoms. The van der Waals surface area contributed by atoms with Crippen molar-refractivity contribution < 1.29 is 19.8 Å². The Kier molecular flexibility index (Phi) is 5.26. The van der Waals surface area contributed by atoms with Gasteiger partial charge in [0.15, 0.2) is 0 Å². The van der Waals surface area contributed by atoms with Crippen molar-refractivity contribution in [3.63, 3.8) is 0 Å². The summed E-state index contributed by atoms with van der Waals surface area (Å²) in [5, 5.41) is 24.4. The summed E-state index contributed by atoms with van der Waals surface area (Å²) >= 11 is 0. The van der Waals surface area contributed by atoms with Crippen LogP contribution in [0.4, 0.5) is 0 Å². The molecule has 0 radical (unpaired) electrons. The largest absolute Gasteiger partial charge is 0.383 e. The highest BCUT2D eigenvalue weighted by atomic mass is 16.4. The van der Waals surface area contributed by atoms with Crippen molar-refractivity contribution in [3.05, 3.63) is 58.3 Å². The molecule has 7 nitrogen and oxygen atoms in total. The Morgan fingerprint density at radius 3 is 2.59 bits per heavy atom. The molecule has 0 aliphatic carbocycles. The fourth-order valence-corrected chi connectivity index (χ4v) is 5.88. The predicted octanol–water partition coefficient (Wildman–Crippen LogP) is 3.49. The SMILES string of the molecule is CC(C)=CCn1c2c(c3ccc(C)cc31)[C@H](O)[C@@]1(O)C(=O)N3CCC[C@H]3C(=O)N1[C@H]2C=C(C)C. The minimum atomic E-state index is -2.35. The lowest BCUT2D eigenvalue weighted by Gasteiger charge is -2.54. The van der Waals surface area contributed by atoms with Crippen LogP contribution < -0.4 is 0 Å². The molecule has 0 spiro atoms. The quantitative estimate of drug-likeness (QED) is 0.683. The zero-order chi connectivity index (χ0) is 24.5. The summed E-state index contributed by atoms with van der Waals surface area (Å²) in [6.45, 7) is 10.9. The van der Waals surface area contributed by atoms with Gasteiger partial charge in [-0.3, -0.25) is 14.5 Å². The molecule has 0 unspecified atom stereocenters. The van der Waals surface area contributed by atoms with Gasteiger partial charge < -0.3 is 19.7 Å². The van der Waals surface area contributed by atoms with Gasteiger partial charge in [-0.25, -0.2) is 0 Å². The second-order valence-electron chi connectivity index (χ2n) is 10.4. The van der Waals surface area contributed by atoms with Gasteiger partial charge in [-0.05, 0) is 59.1 Å². The number of allylic oxidation sites excluding steroid dienone is 3. The van der Waals surface area contributed by atoms with Gasteiger partial charge in [-0.1, -0.05) is 35.4 Å². The zero-order valence-corrected chi connectivity index (χ0v) is 20.5. The van der Waals surface area contributed by atoms with Gasteiger partial charge in [0.25, 0.3) is 11.6 Å². The molecular formula is C27H33N3O4.